The molecular formula is C22H28NO+. The van der Waals surface area contributed by atoms with Gasteiger partial charge in [0.15, 0.2) is 0 Å². The molecule has 5 rings (SSSR count). The van der Waals surface area contributed by atoms with Crippen LogP contribution in [0, 0.1) is 12.8 Å². The number of aryl methyl sites for hydroxylation is 1. The second-order valence-corrected chi connectivity index (χ2v) is 7.82. The van der Waals surface area contributed by atoms with Crippen LogP contribution in [0.1, 0.15) is 36.0 Å². The number of piperidine rings is 3. The van der Waals surface area contributed by atoms with Gasteiger partial charge in [-0.15, -0.1) is 0 Å². The lowest BCUT2D eigenvalue weighted by molar-refractivity contribution is -0.955. The zero-order valence-corrected chi connectivity index (χ0v) is 14.7. The number of benzene rings is 2. The third-order valence-corrected chi connectivity index (χ3v) is 6.00. The highest BCUT2D eigenvalue weighted by atomic mass is 16.5. The average molecular weight is 322 g/mol. The molecule has 3 aliphatic heterocycles. The SMILES string of the molecule is Cc1ccc(OCc2ccc(C[N+]34CCC(CC3)CC4)cc2)cc1. The van der Waals surface area contributed by atoms with Gasteiger partial charge in [-0.25, -0.2) is 0 Å². The lowest BCUT2D eigenvalue weighted by Gasteiger charge is -2.49. The van der Waals surface area contributed by atoms with Gasteiger partial charge in [-0.1, -0.05) is 42.0 Å². The Labute approximate surface area is 145 Å². The summed E-state index contributed by atoms with van der Waals surface area (Å²) in [7, 11) is 0. The van der Waals surface area contributed by atoms with Crippen LogP contribution in [-0.4, -0.2) is 24.1 Å². The molecule has 3 aliphatic rings. The first-order valence-electron chi connectivity index (χ1n) is 9.33. The number of quaternary nitrogens is 1. The number of nitrogens with zero attached hydrogens (tertiary/aromatic N) is 1. The zero-order chi connectivity index (χ0) is 16.4. The summed E-state index contributed by atoms with van der Waals surface area (Å²) in [4.78, 5) is 0. The maximum Gasteiger partial charge on any atom is 0.119 e. The maximum absolute atomic E-state index is 5.88. The Morgan fingerprint density at radius 2 is 1.42 bits per heavy atom. The number of hydrogen-bond donors (Lipinski definition) is 0. The molecule has 0 spiro atoms. The summed E-state index contributed by atoms with van der Waals surface area (Å²) < 4.78 is 7.21. The van der Waals surface area contributed by atoms with Gasteiger partial charge in [0.1, 0.15) is 18.9 Å². The van der Waals surface area contributed by atoms with Gasteiger partial charge < -0.3 is 9.22 Å². The fraction of sp³-hybridized carbons (Fsp3) is 0.455. The first-order valence-corrected chi connectivity index (χ1v) is 9.33. The Morgan fingerprint density at radius 3 is 2.04 bits per heavy atom. The van der Waals surface area contributed by atoms with E-state index in [0.29, 0.717) is 6.61 Å². The van der Waals surface area contributed by atoms with Crippen molar-refractivity contribution in [2.24, 2.45) is 5.92 Å². The van der Waals surface area contributed by atoms with E-state index in [0.717, 1.165) is 11.7 Å². The van der Waals surface area contributed by atoms with E-state index >= 15 is 0 Å². The van der Waals surface area contributed by atoms with Gasteiger partial charge in [0.25, 0.3) is 0 Å². The van der Waals surface area contributed by atoms with Crippen LogP contribution in [-0.2, 0) is 13.2 Å². The van der Waals surface area contributed by atoms with Crippen LogP contribution in [0.15, 0.2) is 48.5 Å². The summed E-state index contributed by atoms with van der Waals surface area (Å²) >= 11 is 0. The summed E-state index contributed by atoms with van der Waals surface area (Å²) in [5, 5.41) is 0. The van der Waals surface area contributed by atoms with E-state index < -0.39 is 0 Å². The van der Waals surface area contributed by atoms with Crippen molar-refractivity contribution in [1.82, 2.24) is 0 Å². The summed E-state index contributed by atoms with van der Waals surface area (Å²) in [5.74, 6) is 1.98. The smallest absolute Gasteiger partial charge is 0.119 e. The van der Waals surface area contributed by atoms with Crippen LogP contribution in [0.25, 0.3) is 0 Å². The molecule has 126 valence electrons. The van der Waals surface area contributed by atoms with E-state index in [-0.39, 0.29) is 0 Å². The topological polar surface area (TPSA) is 9.23 Å². The van der Waals surface area contributed by atoms with Gasteiger partial charge >= 0.3 is 0 Å². The maximum atomic E-state index is 5.88. The summed E-state index contributed by atoms with van der Waals surface area (Å²) in [6.07, 6.45) is 4.34. The third-order valence-electron chi connectivity index (χ3n) is 6.00. The molecule has 0 radical (unpaired) electrons. The quantitative estimate of drug-likeness (QED) is 0.725. The van der Waals surface area contributed by atoms with Crippen LogP contribution in [0.2, 0.25) is 0 Å². The average Bonchev–Trinajstić information content (AvgIpc) is 2.64. The molecule has 0 aliphatic carbocycles. The van der Waals surface area contributed by atoms with Gasteiger partial charge in [0.2, 0.25) is 0 Å². The number of rotatable bonds is 5. The Morgan fingerprint density at radius 1 is 0.833 bits per heavy atom. The minimum atomic E-state index is 0.644. The lowest BCUT2D eigenvalue weighted by Crippen LogP contribution is -2.57. The van der Waals surface area contributed by atoms with Crippen molar-refractivity contribution >= 4 is 0 Å². The first kappa shape index (κ1) is 15.7. The van der Waals surface area contributed by atoms with Crippen molar-refractivity contribution in [2.45, 2.75) is 39.3 Å². The molecule has 24 heavy (non-hydrogen) atoms. The molecule has 0 N–H and O–H groups in total. The van der Waals surface area contributed by atoms with E-state index in [9.17, 15) is 0 Å². The van der Waals surface area contributed by atoms with Gasteiger partial charge in [-0.05, 0) is 49.8 Å². The molecule has 2 aromatic carbocycles. The minimum absolute atomic E-state index is 0.644. The molecule has 0 unspecified atom stereocenters. The molecule has 3 saturated heterocycles. The highest BCUT2D eigenvalue weighted by molar-refractivity contribution is 5.27. The van der Waals surface area contributed by atoms with Crippen molar-refractivity contribution in [1.29, 1.82) is 0 Å². The summed E-state index contributed by atoms with van der Waals surface area (Å²) in [6.45, 7) is 8.13. The molecule has 2 nitrogen and oxygen atoms in total. The van der Waals surface area contributed by atoms with E-state index in [2.05, 4.69) is 43.3 Å². The molecule has 0 saturated carbocycles. The van der Waals surface area contributed by atoms with Crippen LogP contribution in [0.5, 0.6) is 5.75 Å². The second-order valence-electron chi connectivity index (χ2n) is 7.82. The van der Waals surface area contributed by atoms with E-state index in [1.54, 1.807) is 0 Å². The largest absolute Gasteiger partial charge is 0.489 e. The molecule has 2 bridgehead atoms. The Bertz CT molecular complexity index is 652. The molecular weight excluding hydrogens is 294 g/mol. The van der Waals surface area contributed by atoms with Gasteiger partial charge in [0.05, 0.1) is 19.6 Å². The summed E-state index contributed by atoms with van der Waals surface area (Å²) in [6, 6.07) is 17.3. The van der Waals surface area contributed by atoms with Gasteiger partial charge in [0, 0.05) is 5.56 Å². The van der Waals surface area contributed by atoms with Crippen LogP contribution >= 0.6 is 0 Å². The number of ether oxygens (including phenoxy) is 1. The van der Waals surface area contributed by atoms with E-state index in [1.807, 2.05) is 12.1 Å². The first-order chi connectivity index (χ1) is 11.7. The number of fused-ring (bicyclic) bond motifs is 3. The molecule has 2 aromatic rings. The van der Waals surface area contributed by atoms with Crippen molar-refractivity contribution in [3.63, 3.8) is 0 Å². The molecule has 3 heterocycles. The predicted octanol–water partition coefficient (Wildman–Crippen LogP) is 4.70. The minimum Gasteiger partial charge on any atom is -0.489 e. The van der Waals surface area contributed by atoms with Crippen molar-refractivity contribution in [2.75, 3.05) is 19.6 Å². The van der Waals surface area contributed by atoms with Crippen molar-refractivity contribution in [3.05, 3.63) is 65.2 Å². The van der Waals surface area contributed by atoms with Gasteiger partial charge in [-0.2, -0.15) is 0 Å². The molecule has 2 heteroatoms. The number of hydrogen-bond acceptors (Lipinski definition) is 1. The molecule has 0 amide bonds. The monoisotopic (exact) mass is 322 g/mol. The Kier molecular flexibility index (Phi) is 4.32. The van der Waals surface area contributed by atoms with Crippen molar-refractivity contribution in [3.8, 4) is 5.75 Å². The van der Waals surface area contributed by atoms with Crippen LogP contribution < -0.4 is 4.74 Å². The van der Waals surface area contributed by atoms with Crippen LogP contribution in [0.4, 0.5) is 0 Å². The van der Waals surface area contributed by atoms with E-state index in [1.165, 1.54) is 66.6 Å². The highest BCUT2D eigenvalue weighted by Crippen LogP contribution is 2.35. The van der Waals surface area contributed by atoms with Crippen LogP contribution in [0.3, 0.4) is 0 Å². The van der Waals surface area contributed by atoms with Gasteiger partial charge in [-0.3, -0.25) is 0 Å². The summed E-state index contributed by atoms with van der Waals surface area (Å²) in [5.41, 5.74) is 3.99. The fourth-order valence-electron chi connectivity index (χ4n) is 4.30. The third kappa shape index (κ3) is 3.49. The van der Waals surface area contributed by atoms with E-state index in [4.69, 9.17) is 4.74 Å². The fourth-order valence-corrected chi connectivity index (χ4v) is 4.30. The van der Waals surface area contributed by atoms with Crippen molar-refractivity contribution < 1.29 is 9.22 Å². The second kappa shape index (κ2) is 6.60. The lowest BCUT2D eigenvalue weighted by atomic mass is 9.85. The standard InChI is InChI=1S/C22H28NO/c1-18-2-8-22(9-3-18)24-17-21-6-4-20(5-7-21)16-23-13-10-19(11-14-23)12-15-23/h2-9,19H,10-17H2,1H3/q+1. The highest BCUT2D eigenvalue weighted by Gasteiger charge is 2.39. The Hall–Kier alpha value is -1.80. The Balaban J connectivity index is 1.35. The predicted molar refractivity (Wildman–Crippen MR) is 97.9 cm³/mol. The zero-order valence-electron chi connectivity index (χ0n) is 14.7. The molecule has 0 aromatic heterocycles. The molecule has 0 atom stereocenters. The normalized spacial score (nSPS) is 25.6. The molecule has 3 fully saturated rings.